The number of carbonyl (C=O) groups is 2. The minimum Gasteiger partial charge on any atom is -0.444 e. The summed E-state index contributed by atoms with van der Waals surface area (Å²) in [5.41, 5.74) is -0.794. The van der Waals surface area contributed by atoms with Crippen LogP contribution in [0.15, 0.2) is 12.7 Å². The van der Waals surface area contributed by atoms with Gasteiger partial charge in [0.05, 0.1) is 6.61 Å². The van der Waals surface area contributed by atoms with Crippen molar-refractivity contribution in [1.82, 2.24) is 10.4 Å². The molecule has 128 valence electrons. The van der Waals surface area contributed by atoms with Crippen LogP contribution in [0.25, 0.3) is 0 Å². The van der Waals surface area contributed by atoms with Crippen molar-refractivity contribution in [2.75, 3.05) is 13.2 Å². The Hall–Kier alpha value is -1.77. The number of hydroxylamine groups is 2. The van der Waals surface area contributed by atoms with Crippen molar-refractivity contribution in [3.8, 4) is 0 Å². The maximum Gasteiger partial charge on any atom is 0.408 e. The van der Waals surface area contributed by atoms with E-state index in [1.165, 1.54) is 13.0 Å². The average molecular weight is 326 g/mol. The molecular formula is C13H21F3N2O4. The molecule has 9 heteroatoms. The fourth-order valence-corrected chi connectivity index (χ4v) is 1.25. The van der Waals surface area contributed by atoms with E-state index in [4.69, 9.17) is 4.74 Å². The summed E-state index contributed by atoms with van der Waals surface area (Å²) >= 11 is 0. The highest BCUT2D eigenvalue weighted by atomic mass is 19.4. The molecule has 0 aromatic rings. The summed E-state index contributed by atoms with van der Waals surface area (Å²) in [6, 6.07) is -1.25. The van der Waals surface area contributed by atoms with Gasteiger partial charge in [0.2, 0.25) is 0 Å². The molecule has 6 nitrogen and oxygen atoms in total. The molecular weight excluding hydrogens is 305 g/mol. The molecule has 0 fully saturated rings. The lowest BCUT2D eigenvalue weighted by atomic mass is 10.2. The van der Waals surface area contributed by atoms with Gasteiger partial charge in [0.1, 0.15) is 18.2 Å². The smallest absolute Gasteiger partial charge is 0.408 e. The standard InChI is InChI=1S/C13H21F3N2O4/c1-6-7-21-18(8-13(14,15)16)10(19)9(2)17-11(20)22-12(3,4)5/h6,9H,1,7-8H2,2-5H3,(H,17,20)/t9-/m1/s1. The number of ether oxygens (including phenoxy) is 1. The SMILES string of the molecule is C=CCON(CC(F)(F)F)C(=O)[C@@H](C)NC(=O)OC(C)(C)C. The molecule has 0 bridgehead atoms. The van der Waals surface area contributed by atoms with Crippen molar-refractivity contribution in [1.29, 1.82) is 0 Å². The van der Waals surface area contributed by atoms with Crippen molar-refractivity contribution < 1.29 is 32.3 Å². The Morgan fingerprint density at radius 2 is 1.86 bits per heavy atom. The first-order chi connectivity index (χ1) is 9.85. The van der Waals surface area contributed by atoms with E-state index in [1.807, 2.05) is 0 Å². The largest absolute Gasteiger partial charge is 0.444 e. The molecule has 0 aliphatic heterocycles. The predicted molar refractivity (Wildman–Crippen MR) is 72.7 cm³/mol. The number of nitrogens with one attached hydrogen (secondary N) is 1. The molecule has 0 spiro atoms. The summed E-state index contributed by atoms with van der Waals surface area (Å²) in [5, 5.41) is 2.30. The summed E-state index contributed by atoms with van der Waals surface area (Å²) in [6.45, 7) is 7.48. The van der Waals surface area contributed by atoms with Gasteiger partial charge in [0, 0.05) is 0 Å². The summed E-state index contributed by atoms with van der Waals surface area (Å²) in [5.74, 6) is -1.05. The second-order valence-electron chi connectivity index (χ2n) is 5.44. The molecule has 2 amide bonds. The van der Waals surface area contributed by atoms with Crippen LogP contribution in [-0.4, -0.2) is 48.0 Å². The zero-order chi connectivity index (χ0) is 17.6. The second kappa shape index (κ2) is 8.02. The van der Waals surface area contributed by atoms with Gasteiger partial charge in [-0.2, -0.15) is 13.2 Å². The van der Waals surface area contributed by atoms with Gasteiger partial charge < -0.3 is 10.1 Å². The Labute approximate surface area is 127 Å². The van der Waals surface area contributed by atoms with Crippen LogP contribution in [0.2, 0.25) is 0 Å². The quantitative estimate of drug-likeness (QED) is 0.601. The number of rotatable bonds is 6. The van der Waals surface area contributed by atoms with Crippen molar-refractivity contribution in [2.24, 2.45) is 0 Å². The summed E-state index contributed by atoms with van der Waals surface area (Å²) in [6.07, 6.45) is -4.35. The van der Waals surface area contributed by atoms with E-state index in [-0.39, 0.29) is 11.7 Å². The normalized spacial score (nSPS) is 13.2. The van der Waals surface area contributed by atoms with E-state index in [9.17, 15) is 22.8 Å². The Balaban J connectivity index is 4.75. The van der Waals surface area contributed by atoms with Crippen LogP contribution >= 0.6 is 0 Å². The van der Waals surface area contributed by atoms with Crippen LogP contribution in [-0.2, 0) is 14.4 Å². The van der Waals surface area contributed by atoms with Crippen molar-refractivity contribution in [3.05, 3.63) is 12.7 Å². The van der Waals surface area contributed by atoms with Crippen molar-refractivity contribution >= 4 is 12.0 Å². The van der Waals surface area contributed by atoms with Crippen LogP contribution in [0, 0.1) is 0 Å². The number of carbonyl (C=O) groups excluding carboxylic acids is 2. The number of amides is 2. The lowest BCUT2D eigenvalue weighted by Crippen LogP contribution is -2.50. The number of alkyl carbamates (subject to hydrolysis) is 1. The fourth-order valence-electron chi connectivity index (χ4n) is 1.25. The molecule has 0 rings (SSSR count). The molecule has 0 aromatic heterocycles. The molecule has 0 aromatic carbocycles. The van der Waals surface area contributed by atoms with Gasteiger partial charge in [-0.3, -0.25) is 9.63 Å². The minimum absolute atomic E-state index is 0.143. The molecule has 0 saturated heterocycles. The van der Waals surface area contributed by atoms with E-state index < -0.39 is 36.4 Å². The highest BCUT2D eigenvalue weighted by Gasteiger charge is 2.36. The van der Waals surface area contributed by atoms with Gasteiger partial charge in [0.15, 0.2) is 0 Å². The Kier molecular flexibility index (Phi) is 7.37. The molecule has 0 aliphatic rings. The van der Waals surface area contributed by atoms with Crippen LogP contribution in [0.1, 0.15) is 27.7 Å². The van der Waals surface area contributed by atoms with Crippen LogP contribution in [0.3, 0.4) is 0 Å². The fraction of sp³-hybridized carbons (Fsp3) is 0.692. The first-order valence-electron chi connectivity index (χ1n) is 6.47. The number of halogens is 3. The molecule has 0 heterocycles. The topological polar surface area (TPSA) is 67.9 Å². The minimum atomic E-state index is -4.64. The molecule has 1 atom stereocenters. The molecule has 1 N–H and O–H groups in total. The van der Waals surface area contributed by atoms with E-state index in [0.29, 0.717) is 0 Å². The lowest BCUT2D eigenvalue weighted by Gasteiger charge is -2.26. The third-order valence-corrected chi connectivity index (χ3v) is 2.02. The zero-order valence-electron chi connectivity index (χ0n) is 13.0. The van der Waals surface area contributed by atoms with E-state index in [2.05, 4.69) is 16.7 Å². The monoisotopic (exact) mass is 326 g/mol. The Bertz CT molecular complexity index is 405. The highest BCUT2D eigenvalue weighted by molar-refractivity contribution is 5.84. The second-order valence-corrected chi connectivity index (χ2v) is 5.44. The van der Waals surface area contributed by atoms with Gasteiger partial charge in [-0.1, -0.05) is 6.08 Å². The first kappa shape index (κ1) is 20.2. The molecule has 0 unspecified atom stereocenters. The highest BCUT2D eigenvalue weighted by Crippen LogP contribution is 2.17. The van der Waals surface area contributed by atoms with Crippen LogP contribution in [0.4, 0.5) is 18.0 Å². The van der Waals surface area contributed by atoms with Gasteiger partial charge >= 0.3 is 12.3 Å². The molecule has 22 heavy (non-hydrogen) atoms. The lowest BCUT2D eigenvalue weighted by molar-refractivity contribution is -0.230. The van der Waals surface area contributed by atoms with Crippen molar-refractivity contribution in [2.45, 2.75) is 45.5 Å². The zero-order valence-corrected chi connectivity index (χ0v) is 13.0. The van der Waals surface area contributed by atoms with Gasteiger partial charge in [-0.05, 0) is 27.7 Å². The third-order valence-electron chi connectivity index (χ3n) is 2.02. The average Bonchev–Trinajstić information content (AvgIpc) is 2.29. The molecule has 0 saturated carbocycles. The maximum absolute atomic E-state index is 12.4. The first-order valence-corrected chi connectivity index (χ1v) is 6.47. The van der Waals surface area contributed by atoms with Crippen LogP contribution < -0.4 is 5.32 Å². The number of nitrogens with zero attached hydrogens (tertiary/aromatic N) is 1. The number of hydrogen-bond donors (Lipinski definition) is 1. The maximum atomic E-state index is 12.4. The van der Waals surface area contributed by atoms with Crippen LogP contribution in [0.5, 0.6) is 0 Å². The number of hydrogen-bond acceptors (Lipinski definition) is 4. The van der Waals surface area contributed by atoms with E-state index >= 15 is 0 Å². The Morgan fingerprint density at radius 1 is 1.32 bits per heavy atom. The third kappa shape index (κ3) is 9.22. The molecule has 0 radical (unpaired) electrons. The summed E-state index contributed by atoms with van der Waals surface area (Å²) in [7, 11) is 0. The van der Waals surface area contributed by atoms with Gasteiger partial charge in [-0.15, -0.1) is 6.58 Å². The van der Waals surface area contributed by atoms with Gasteiger partial charge in [-0.25, -0.2) is 9.86 Å². The van der Waals surface area contributed by atoms with E-state index in [1.54, 1.807) is 20.8 Å². The summed E-state index contributed by atoms with van der Waals surface area (Å²) < 4.78 is 42.2. The summed E-state index contributed by atoms with van der Waals surface area (Å²) in [4.78, 5) is 28.1. The van der Waals surface area contributed by atoms with Gasteiger partial charge in [0.25, 0.3) is 5.91 Å². The Morgan fingerprint density at radius 3 is 2.27 bits per heavy atom. The molecule has 0 aliphatic carbocycles. The predicted octanol–water partition coefficient (Wildman–Crippen LogP) is 2.41. The number of alkyl halides is 3. The van der Waals surface area contributed by atoms with E-state index in [0.717, 1.165) is 0 Å². The van der Waals surface area contributed by atoms with Crippen molar-refractivity contribution in [3.63, 3.8) is 0 Å².